The molecule has 114 valence electrons. The van der Waals surface area contributed by atoms with Crippen molar-refractivity contribution in [2.75, 3.05) is 6.61 Å². The molecule has 3 aliphatic rings. The maximum atomic E-state index is 12.5. The number of rotatable bonds is 2. The van der Waals surface area contributed by atoms with Gasteiger partial charge in [0.2, 0.25) is 0 Å². The topological polar surface area (TPSA) is 31.2 Å². The Morgan fingerprint density at radius 2 is 2.00 bits per heavy atom. The molecule has 0 aromatic carbocycles. The second kappa shape index (κ2) is 4.45. The average molecular weight is 287 g/mol. The van der Waals surface area contributed by atoms with Crippen LogP contribution in [0.5, 0.6) is 0 Å². The second-order valence-electron chi connectivity index (χ2n) is 7.99. The van der Waals surface area contributed by atoms with Gasteiger partial charge in [-0.2, -0.15) is 0 Å². The lowest BCUT2D eigenvalue weighted by atomic mass is 9.76. The number of hydrogen-bond acceptors (Lipinski definition) is 2. The summed E-state index contributed by atoms with van der Waals surface area (Å²) in [6.07, 6.45) is 5.78. The van der Waals surface area contributed by atoms with E-state index in [1.54, 1.807) is 0 Å². The number of carbonyl (C=O) groups is 1. The van der Waals surface area contributed by atoms with Gasteiger partial charge in [-0.05, 0) is 50.0 Å². The van der Waals surface area contributed by atoms with Crippen LogP contribution in [0.2, 0.25) is 0 Å². The van der Waals surface area contributed by atoms with E-state index in [2.05, 4.69) is 31.4 Å². The average Bonchev–Trinajstić information content (AvgIpc) is 3.03. The van der Waals surface area contributed by atoms with Crippen molar-refractivity contribution < 1.29 is 9.53 Å². The van der Waals surface area contributed by atoms with Crippen molar-refractivity contribution >= 4 is 5.78 Å². The normalized spacial score (nSPS) is 31.5. The van der Waals surface area contributed by atoms with E-state index in [4.69, 9.17) is 4.74 Å². The summed E-state index contributed by atoms with van der Waals surface area (Å²) in [5, 5.41) is 0. The molecule has 1 aromatic rings. The zero-order valence-electron chi connectivity index (χ0n) is 13.3. The van der Waals surface area contributed by atoms with E-state index in [9.17, 15) is 4.79 Å². The number of nitrogens with zero attached hydrogens (tertiary/aromatic N) is 1. The van der Waals surface area contributed by atoms with Gasteiger partial charge in [-0.25, -0.2) is 0 Å². The first-order chi connectivity index (χ1) is 9.96. The van der Waals surface area contributed by atoms with Crippen LogP contribution >= 0.6 is 0 Å². The third-order valence-corrected chi connectivity index (χ3v) is 5.44. The van der Waals surface area contributed by atoms with Gasteiger partial charge in [-0.15, -0.1) is 0 Å². The highest BCUT2D eigenvalue weighted by Gasteiger charge is 2.44. The lowest BCUT2D eigenvalue weighted by molar-refractivity contribution is 0.0732. The molecule has 2 unspecified atom stereocenters. The molecule has 21 heavy (non-hydrogen) atoms. The minimum Gasteiger partial charge on any atom is -0.376 e. The van der Waals surface area contributed by atoms with Crippen LogP contribution in [0, 0.1) is 18.3 Å². The minimum atomic E-state index is 0.0845. The summed E-state index contributed by atoms with van der Waals surface area (Å²) in [6.45, 7) is 7.45. The van der Waals surface area contributed by atoms with Gasteiger partial charge in [0.15, 0.2) is 5.78 Å². The summed E-state index contributed by atoms with van der Waals surface area (Å²) >= 11 is 0. The zero-order chi connectivity index (χ0) is 14.8. The Kier molecular flexibility index (Phi) is 2.88. The molecular weight excluding hydrogens is 262 g/mol. The lowest BCUT2D eigenvalue weighted by Gasteiger charge is -2.32. The van der Waals surface area contributed by atoms with Gasteiger partial charge in [0.25, 0.3) is 0 Å². The fraction of sp³-hybridized carbons (Fsp3) is 0.722. The van der Waals surface area contributed by atoms with Gasteiger partial charge in [0, 0.05) is 30.0 Å². The van der Waals surface area contributed by atoms with E-state index in [1.807, 2.05) is 0 Å². The van der Waals surface area contributed by atoms with E-state index in [0.717, 1.165) is 30.9 Å². The fourth-order valence-corrected chi connectivity index (χ4v) is 4.38. The summed E-state index contributed by atoms with van der Waals surface area (Å²) in [7, 11) is 0. The highest BCUT2D eigenvalue weighted by Crippen LogP contribution is 2.46. The van der Waals surface area contributed by atoms with Crippen LogP contribution in [0.4, 0.5) is 0 Å². The standard InChI is InChI=1S/C18H25NO2/c1-11-8-13-15(9-18(2,3)10-16(13)20)19(11)14-6-7-21-17(14)12-4-5-12/h8,12,14,17H,4-7,9-10H2,1-3H3. The van der Waals surface area contributed by atoms with Crippen molar-refractivity contribution in [2.24, 2.45) is 11.3 Å². The van der Waals surface area contributed by atoms with E-state index in [0.29, 0.717) is 24.3 Å². The maximum absolute atomic E-state index is 12.5. The summed E-state index contributed by atoms with van der Waals surface area (Å²) in [5.74, 6) is 1.08. The third-order valence-electron chi connectivity index (χ3n) is 5.44. The molecule has 0 radical (unpaired) electrons. The maximum Gasteiger partial charge on any atom is 0.165 e. The first kappa shape index (κ1) is 13.6. The summed E-state index contributed by atoms with van der Waals surface area (Å²) in [4.78, 5) is 12.5. The molecule has 1 saturated heterocycles. The molecule has 1 saturated carbocycles. The van der Waals surface area contributed by atoms with Gasteiger partial charge >= 0.3 is 0 Å². The molecule has 2 aliphatic carbocycles. The summed E-state index contributed by atoms with van der Waals surface area (Å²) < 4.78 is 8.49. The number of Topliss-reactive ketones (excluding diaryl/α,β-unsaturated/α-hetero) is 1. The van der Waals surface area contributed by atoms with Crippen LogP contribution in [0.25, 0.3) is 0 Å². The summed E-state index contributed by atoms with van der Waals surface area (Å²) in [6, 6.07) is 2.57. The van der Waals surface area contributed by atoms with Crippen molar-refractivity contribution in [1.82, 2.24) is 4.57 Å². The van der Waals surface area contributed by atoms with Crippen LogP contribution in [0.15, 0.2) is 6.07 Å². The molecule has 1 aliphatic heterocycles. The van der Waals surface area contributed by atoms with E-state index >= 15 is 0 Å². The van der Waals surface area contributed by atoms with Gasteiger partial charge in [0.1, 0.15) is 0 Å². The molecule has 0 amide bonds. The number of fused-ring (bicyclic) bond motifs is 1. The first-order valence-corrected chi connectivity index (χ1v) is 8.32. The second-order valence-corrected chi connectivity index (χ2v) is 7.99. The molecule has 3 nitrogen and oxygen atoms in total. The van der Waals surface area contributed by atoms with Gasteiger partial charge in [-0.3, -0.25) is 4.79 Å². The molecular formula is C18H25NO2. The van der Waals surface area contributed by atoms with Crippen LogP contribution in [-0.4, -0.2) is 23.1 Å². The molecule has 2 fully saturated rings. The largest absolute Gasteiger partial charge is 0.376 e. The summed E-state index contributed by atoms with van der Waals surface area (Å²) in [5.41, 5.74) is 3.58. The number of ketones is 1. The molecule has 0 spiro atoms. The van der Waals surface area contributed by atoms with Crippen molar-refractivity contribution in [1.29, 1.82) is 0 Å². The third kappa shape index (κ3) is 2.17. The smallest absolute Gasteiger partial charge is 0.165 e. The van der Waals surface area contributed by atoms with Crippen LogP contribution in [0.1, 0.15) is 67.3 Å². The van der Waals surface area contributed by atoms with E-state index in [-0.39, 0.29) is 5.41 Å². The van der Waals surface area contributed by atoms with Crippen LogP contribution in [-0.2, 0) is 11.2 Å². The van der Waals surface area contributed by atoms with E-state index in [1.165, 1.54) is 24.2 Å². The number of aromatic nitrogens is 1. The Morgan fingerprint density at radius 1 is 1.24 bits per heavy atom. The molecule has 2 heterocycles. The van der Waals surface area contributed by atoms with Crippen LogP contribution in [0.3, 0.4) is 0 Å². The van der Waals surface area contributed by atoms with E-state index < -0.39 is 0 Å². The van der Waals surface area contributed by atoms with Crippen molar-refractivity contribution in [3.63, 3.8) is 0 Å². The Morgan fingerprint density at radius 3 is 2.71 bits per heavy atom. The Bertz CT molecular complexity index is 595. The first-order valence-electron chi connectivity index (χ1n) is 8.32. The van der Waals surface area contributed by atoms with Crippen molar-refractivity contribution in [3.8, 4) is 0 Å². The number of aryl methyl sites for hydroxylation is 1. The van der Waals surface area contributed by atoms with Crippen molar-refractivity contribution in [3.05, 3.63) is 23.0 Å². The highest BCUT2D eigenvalue weighted by molar-refractivity contribution is 5.99. The fourth-order valence-electron chi connectivity index (χ4n) is 4.38. The van der Waals surface area contributed by atoms with Gasteiger partial charge < -0.3 is 9.30 Å². The Hall–Kier alpha value is -1.09. The van der Waals surface area contributed by atoms with Gasteiger partial charge in [0.05, 0.1) is 12.1 Å². The Labute approximate surface area is 126 Å². The number of carbonyl (C=O) groups excluding carboxylic acids is 1. The van der Waals surface area contributed by atoms with Gasteiger partial charge in [-0.1, -0.05) is 13.8 Å². The lowest BCUT2D eigenvalue weighted by Crippen LogP contribution is -2.31. The molecule has 3 heteroatoms. The molecule has 1 aromatic heterocycles. The predicted octanol–water partition coefficient (Wildman–Crippen LogP) is 3.69. The SMILES string of the molecule is Cc1cc2c(n1C1CCOC1C1CC1)CC(C)(C)CC2=O. The molecule has 0 bridgehead atoms. The number of hydrogen-bond donors (Lipinski definition) is 0. The predicted molar refractivity (Wildman–Crippen MR) is 81.7 cm³/mol. The van der Waals surface area contributed by atoms with Crippen molar-refractivity contribution in [2.45, 2.75) is 65.0 Å². The molecule has 2 atom stereocenters. The monoisotopic (exact) mass is 287 g/mol. The molecule has 4 rings (SSSR count). The van der Waals surface area contributed by atoms with Crippen LogP contribution < -0.4 is 0 Å². The Balaban J connectivity index is 1.77. The quantitative estimate of drug-likeness (QED) is 0.830. The number of ether oxygens (including phenoxy) is 1. The highest BCUT2D eigenvalue weighted by atomic mass is 16.5. The molecule has 0 N–H and O–H groups in total. The zero-order valence-corrected chi connectivity index (χ0v) is 13.3. The minimum absolute atomic E-state index is 0.0845.